The molecule has 0 radical (unpaired) electrons. The minimum Gasteiger partial charge on any atom is -0.480 e. The molecular weight excluding hydrogens is 582 g/mol. The lowest BCUT2D eigenvalue weighted by atomic mass is 10.0. The first-order valence-corrected chi connectivity index (χ1v) is 19.5. The fourth-order valence-corrected chi connectivity index (χ4v) is 5.68. The first kappa shape index (κ1) is 44.8. The lowest BCUT2D eigenvalue weighted by Crippen LogP contribution is -2.37. The van der Waals surface area contributed by atoms with Crippen molar-refractivity contribution in [3.05, 3.63) is 0 Å². The highest BCUT2D eigenvalue weighted by Crippen LogP contribution is 2.15. The SMILES string of the molecule is CCCCCCCCCCCCCCCC(=O)OC(COCC(N)C(=O)O)COC(O)CCCCCCCCCCCCCCC. The van der Waals surface area contributed by atoms with Gasteiger partial charge in [-0.15, -0.1) is 0 Å². The monoisotopic (exact) mass is 658 g/mol. The van der Waals surface area contributed by atoms with Gasteiger partial charge in [-0.1, -0.05) is 168 Å². The summed E-state index contributed by atoms with van der Waals surface area (Å²) in [5, 5.41) is 19.3. The summed E-state index contributed by atoms with van der Waals surface area (Å²) in [6, 6.07) is -1.15. The molecule has 0 aliphatic rings. The molecule has 0 aromatic heterocycles. The number of ether oxygens (including phenoxy) is 3. The minimum absolute atomic E-state index is 0.00767. The van der Waals surface area contributed by atoms with Crippen molar-refractivity contribution in [3.8, 4) is 0 Å². The zero-order valence-corrected chi connectivity index (χ0v) is 30.2. The lowest BCUT2D eigenvalue weighted by molar-refractivity contribution is -0.169. The van der Waals surface area contributed by atoms with Gasteiger partial charge in [0.1, 0.15) is 12.1 Å². The second-order valence-electron chi connectivity index (χ2n) is 13.4. The number of esters is 1. The Morgan fingerprint density at radius 2 is 0.957 bits per heavy atom. The van der Waals surface area contributed by atoms with Crippen LogP contribution in [0.4, 0.5) is 0 Å². The molecular formula is C38H75NO7. The average molecular weight is 658 g/mol. The van der Waals surface area contributed by atoms with Gasteiger partial charge in [0, 0.05) is 6.42 Å². The van der Waals surface area contributed by atoms with Gasteiger partial charge < -0.3 is 30.2 Å². The molecule has 3 atom stereocenters. The maximum Gasteiger partial charge on any atom is 0.322 e. The summed E-state index contributed by atoms with van der Waals surface area (Å²) < 4.78 is 16.6. The summed E-state index contributed by atoms with van der Waals surface area (Å²) >= 11 is 0. The van der Waals surface area contributed by atoms with Crippen LogP contribution >= 0.6 is 0 Å². The molecule has 8 heteroatoms. The Morgan fingerprint density at radius 3 is 1.37 bits per heavy atom. The molecule has 0 aromatic carbocycles. The first-order chi connectivity index (χ1) is 22.4. The van der Waals surface area contributed by atoms with Crippen molar-refractivity contribution in [1.82, 2.24) is 0 Å². The molecule has 0 aliphatic carbocycles. The maximum atomic E-state index is 12.5. The standard InChI is InChI=1S/C38H75NO7/c1-3-5-7-9-11-13-15-17-19-21-23-25-27-29-36(40)45-32-34(31-44-33-35(39)38(42)43)46-37(41)30-28-26-24-22-20-18-16-14-12-10-8-6-4-2/h34-36,40H,3-33,39H2,1-2H3,(H,42,43). The number of unbranched alkanes of at least 4 members (excludes halogenated alkanes) is 24. The normalized spacial score (nSPS) is 13.5. The van der Waals surface area contributed by atoms with Crippen LogP contribution in [0.3, 0.4) is 0 Å². The number of carbonyl (C=O) groups is 2. The van der Waals surface area contributed by atoms with Crippen molar-refractivity contribution < 1.29 is 34.0 Å². The van der Waals surface area contributed by atoms with E-state index in [0.717, 1.165) is 32.1 Å². The van der Waals surface area contributed by atoms with Gasteiger partial charge in [0.15, 0.2) is 6.29 Å². The molecule has 3 unspecified atom stereocenters. The minimum atomic E-state index is -1.15. The largest absolute Gasteiger partial charge is 0.480 e. The van der Waals surface area contributed by atoms with E-state index in [4.69, 9.17) is 25.1 Å². The molecule has 274 valence electrons. The molecule has 0 aliphatic heterocycles. The second kappa shape index (κ2) is 35.1. The predicted octanol–water partition coefficient (Wildman–Crippen LogP) is 9.62. The van der Waals surface area contributed by atoms with Crippen molar-refractivity contribution in [2.45, 2.75) is 212 Å². The Morgan fingerprint density at radius 1 is 0.565 bits per heavy atom. The van der Waals surface area contributed by atoms with Crippen molar-refractivity contribution in [2.75, 3.05) is 19.8 Å². The molecule has 46 heavy (non-hydrogen) atoms. The van der Waals surface area contributed by atoms with Crippen molar-refractivity contribution in [1.29, 1.82) is 0 Å². The third kappa shape index (κ3) is 32.7. The zero-order chi connectivity index (χ0) is 33.9. The summed E-state index contributed by atoms with van der Waals surface area (Å²) in [7, 11) is 0. The number of hydrogen-bond donors (Lipinski definition) is 3. The molecule has 0 spiro atoms. The number of aliphatic hydroxyl groups is 1. The van der Waals surface area contributed by atoms with Crippen LogP contribution < -0.4 is 5.73 Å². The lowest BCUT2D eigenvalue weighted by Gasteiger charge is -2.21. The van der Waals surface area contributed by atoms with Crippen LogP contribution in [0.1, 0.15) is 194 Å². The Labute approximate surface area is 283 Å². The molecule has 0 fully saturated rings. The summed E-state index contributed by atoms with van der Waals surface area (Å²) in [5.74, 6) is -1.48. The van der Waals surface area contributed by atoms with Crippen LogP contribution in [-0.2, 0) is 23.8 Å². The molecule has 0 amide bonds. The van der Waals surface area contributed by atoms with Gasteiger partial charge in [0.05, 0.1) is 19.8 Å². The number of aliphatic hydroxyl groups excluding tert-OH is 1. The number of carboxylic acid groups (broad SMARTS) is 1. The van der Waals surface area contributed by atoms with Crippen LogP contribution in [-0.4, -0.2) is 60.4 Å². The highest BCUT2D eigenvalue weighted by molar-refractivity contribution is 5.73. The number of nitrogens with two attached hydrogens (primary N) is 1. The number of aliphatic carboxylic acids is 1. The van der Waals surface area contributed by atoms with Crippen LogP contribution in [0.25, 0.3) is 0 Å². The maximum absolute atomic E-state index is 12.5. The zero-order valence-electron chi connectivity index (χ0n) is 30.2. The summed E-state index contributed by atoms with van der Waals surface area (Å²) in [6.45, 7) is 4.28. The Hall–Kier alpha value is -1.22. The molecule has 8 nitrogen and oxygen atoms in total. The van der Waals surface area contributed by atoms with Gasteiger partial charge in [-0.3, -0.25) is 9.59 Å². The van der Waals surface area contributed by atoms with Gasteiger partial charge in [0.25, 0.3) is 0 Å². The highest BCUT2D eigenvalue weighted by Gasteiger charge is 2.19. The number of carbonyl (C=O) groups excluding carboxylic acids is 1. The molecule has 4 N–H and O–H groups in total. The van der Waals surface area contributed by atoms with E-state index in [2.05, 4.69) is 13.8 Å². The topological polar surface area (TPSA) is 128 Å². The molecule has 0 rings (SSSR count). The van der Waals surface area contributed by atoms with E-state index in [1.165, 1.54) is 135 Å². The van der Waals surface area contributed by atoms with E-state index in [1.54, 1.807) is 0 Å². The van der Waals surface area contributed by atoms with E-state index >= 15 is 0 Å². The van der Waals surface area contributed by atoms with Crippen LogP contribution in [0, 0.1) is 0 Å². The van der Waals surface area contributed by atoms with E-state index in [0.29, 0.717) is 12.8 Å². The fraction of sp³-hybridized carbons (Fsp3) is 0.947. The number of rotatable bonds is 37. The molecule has 0 bridgehead atoms. The molecule has 0 heterocycles. The summed E-state index contributed by atoms with van der Waals surface area (Å²) in [5.41, 5.74) is 5.52. The fourth-order valence-electron chi connectivity index (χ4n) is 5.68. The van der Waals surface area contributed by atoms with Crippen LogP contribution in [0.15, 0.2) is 0 Å². The quantitative estimate of drug-likeness (QED) is 0.0342. The smallest absolute Gasteiger partial charge is 0.322 e. The van der Waals surface area contributed by atoms with Crippen molar-refractivity contribution in [3.63, 3.8) is 0 Å². The third-order valence-corrected chi connectivity index (χ3v) is 8.73. The van der Waals surface area contributed by atoms with Gasteiger partial charge in [-0.2, -0.15) is 0 Å². The van der Waals surface area contributed by atoms with Crippen molar-refractivity contribution in [2.24, 2.45) is 5.73 Å². The van der Waals surface area contributed by atoms with E-state index in [1.807, 2.05) is 0 Å². The Bertz CT molecular complexity index is 663. The first-order valence-electron chi connectivity index (χ1n) is 19.5. The highest BCUT2D eigenvalue weighted by atomic mass is 16.6. The summed E-state index contributed by atoms with van der Waals surface area (Å²) in [4.78, 5) is 23.5. The van der Waals surface area contributed by atoms with E-state index in [-0.39, 0.29) is 25.8 Å². The van der Waals surface area contributed by atoms with Crippen LogP contribution in [0.5, 0.6) is 0 Å². The van der Waals surface area contributed by atoms with Gasteiger partial charge in [-0.05, 0) is 19.3 Å². The van der Waals surface area contributed by atoms with Gasteiger partial charge in [0.2, 0.25) is 0 Å². The van der Waals surface area contributed by atoms with E-state index in [9.17, 15) is 14.7 Å². The molecule has 0 saturated heterocycles. The van der Waals surface area contributed by atoms with E-state index < -0.39 is 24.4 Å². The molecule has 0 aromatic rings. The molecule has 0 saturated carbocycles. The van der Waals surface area contributed by atoms with Gasteiger partial charge in [-0.25, -0.2) is 0 Å². The average Bonchev–Trinajstić information content (AvgIpc) is 3.04. The number of hydrogen-bond acceptors (Lipinski definition) is 7. The van der Waals surface area contributed by atoms with Crippen LogP contribution in [0.2, 0.25) is 0 Å². The van der Waals surface area contributed by atoms with Crippen molar-refractivity contribution >= 4 is 11.9 Å². The number of carboxylic acids is 1. The Kier molecular flexibility index (Phi) is 34.2. The predicted molar refractivity (Wildman–Crippen MR) is 189 cm³/mol. The Balaban J connectivity index is 4.06. The third-order valence-electron chi connectivity index (χ3n) is 8.73. The summed E-state index contributed by atoms with van der Waals surface area (Å²) in [6.07, 6.45) is 31.8. The van der Waals surface area contributed by atoms with Gasteiger partial charge >= 0.3 is 11.9 Å². The second-order valence-corrected chi connectivity index (χ2v) is 13.4.